The SMILES string of the molecule is CN(C)c1ccc(C(=O)N2CCNCC2)nn1. The first-order chi connectivity index (χ1) is 8.18. The summed E-state index contributed by atoms with van der Waals surface area (Å²) in [6, 6.07) is 3.54. The lowest BCUT2D eigenvalue weighted by Gasteiger charge is -2.26. The second-order valence-electron chi connectivity index (χ2n) is 4.21. The monoisotopic (exact) mass is 235 g/mol. The summed E-state index contributed by atoms with van der Waals surface area (Å²) < 4.78 is 0. The van der Waals surface area contributed by atoms with Crippen molar-refractivity contribution in [3.05, 3.63) is 17.8 Å². The van der Waals surface area contributed by atoms with E-state index in [9.17, 15) is 4.79 Å². The van der Waals surface area contributed by atoms with Gasteiger partial charge in [0.2, 0.25) is 0 Å². The van der Waals surface area contributed by atoms with Gasteiger partial charge in [-0.2, -0.15) is 0 Å². The molecule has 1 saturated heterocycles. The van der Waals surface area contributed by atoms with Gasteiger partial charge in [0.25, 0.3) is 5.91 Å². The van der Waals surface area contributed by atoms with Crippen LogP contribution in [0.2, 0.25) is 0 Å². The van der Waals surface area contributed by atoms with E-state index in [1.165, 1.54) is 0 Å². The second kappa shape index (κ2) is 5.09. The molecule has 0 radical (unpaired) electrons. The molecular weight excluding hydrogens is 218 g/mol. The fourth-order valence-corrected chi connectivity index (χ4v) is 1.71. The van der Waals surface area contributed by atoms with E-state index < -0.39 is 0 Å². The highest BCUT2D eigenvalue weighted by atomic mass is 16.2. The Morgan fingerprint density at radius 2 is 2.00 bits per heavy atom. The summed E-state index contributed by atoms with van der Waals surface area (Å²) in [6.07, 6.45) is 0. The lowest BCUT2D eigenvalue weighted by molar-refractivity contribution is 0.0728. The van der Waals surface area contributed by atoms with Crippen LogP contribution in [-0.2, 0) is 0 Å². The van der Waals surface area contributed by atoms with Gasteiger partial charge in [-0.25, -0.2) is 0 Å². The van der Waals surface area contributed by atoms with E-state index in [0.29, 0.717) is 5.69 Å². The summed E-state index contributed by atoms with van der Waals surface area (Å²) in [6.45, 7) is 3.15. The number of anilines is 1. The number of carbonyl (C=O) groups excluding carboxylic acids is 1. The molecular formula is C11H17N5O. The number of hydrogen-bond donors (Lipinski definition) is 1. The zero-order valence-corrected chi connectivity index (χ0v) is 10.2. The summed E-state index contributed by atoms with van der Waals surface area (Å²) in [5.41, 5.74) is 0.414. The van der Waals surface area contributed by atoms with Crippen molar-refractivity contribution in [1.29, 1.82) is 0 Å². The molecule has 0 spiro atoms. The van der Waals surface area contributed by atoms with E-state index in [1.54, 1.807) is 11.0 Å². The van der Waals surface area contributed by atoms with E-state index in [4.69, 9.17) is 0 Å². The Morgan fingerprint density at radius 1 is 1.29 bits per heavy atom. The minimum atomic E-state index is -0.0377. The third-order valence-corrected chi connectivity index (χ3v) is 2.73. The highest BCUT2D eigenvalue weighted by molar-refractivity contribution is 5.92. The largest absolute Gasteiger partial charge is 0.361 e. The van der Waals surface area contributed by atoms with Gasteiger partial charge in [-0.3, -0.25) is 4.79 Å². The van der Waals surface area contributed by atoms with Gasteiger partial charge in [0, 0.05) is 40.3 Å². The van der Waals surface area contributed by atoms with Gasteiger partial charge in [-0.15, -0.1) is 10.2 Å². The molecule has 0 bridgehead atoms. The minimum absolute atomic E-state index is 0.0377. The number of nitrogens with one attached hydrogen (secondary N) is 1. The maximum Gasteiger partial charge on any atom is 0.274 e. The van der Waals surface area contributed by atoms with E-state index in [-0.39, 0.29) is 5.91 Å². The fourth-order valence-electron chi connectivity index (χ4n) is 1.71. The molecule has 1 aromatic rings. The molecule has 0 saturated carbocycles. The molecule has 0 atom stereocenters. The molecule has 92 valence electrons. The van der Waals surface area contributed by atoms with Gasteiger partial charge < -0.3 is 15.1 Å². The first-order valence-electron chi connectivity index (χ1n) is 5.69. The van der Waals surface area contributed by atoms with Crippen molar-refractivity contribution in [1.82, 2.24) is 20.4 Å². The van der Waals surface area contributed by atoms with Crippen LogP contribution in [0.5, 0.6) is 0 Å². The van der Waals surface area contributed by atoms with Crippen molar-refractivity contribution in [2.45, 2.75) is 0 Å². The Labute approximate surface area is 101 Å². The molecule has 6 nitrogen and oxygen atoms in total. The fraction of sp³-hybridized carbons (Fsp3) is 0.545. The number of carbonyl (C=O) groups is 1. The smallest absolute Gasteiger partial charge is 0.274 e. The van der Waals surface area contributed by atoms with Crippen molar-refractivity contribution in [2.75, 3.05) is 45.2 Å². The van der Waals surface area contributed by atoms with Crippen molar-refractivity contribution >= 4 is 11.7 Å². The van der Waals surface area contributed by atoms with Crippen LogP contribution in [0.15, 0.2) is 12.1 Å². The highest BCUT2D eigenvalue weighted by Crippen LogP contribution is 2.07. The van der Waals surface area contributed by atoms with E-state index in [2.05, 4.69) is 15.5 Å². The molecule has 17 heavy (non-hydrogen) atoms. The summed E-state index contributed by atoms with van der Waals surface area (Å²) in [4.78, 5) is 15.7. The summed E-state index contributed by atoms with van der Waals surface area (Å²) in [5, 5.41) is 11.2. The molecule has 1 aliphatic rings. The molecule has 2 heterocycles. The van der Waals surface area contributed by atoms with Crippen LogP contribution in [0.3, 0.4) is 0 Å². The second-order valence-corrected chi connectivity index (χ2v) is 4.21. The number of piperazine rings is 1. The maximum absolute atomic E-state index is 12.1. The first kappa shape index (κ1) is 11.8. The Bertz CT molecular complexity index is 383. The highest BCUT2D eigenvalue weighted by Gasteiger charge is 2.19. The van der Waals surface area contributed by atoms with Crippen LogP contribution in [-0.4, -0.2) is 61.3 Å². The van der Waals surface area contributed by atoms with Crippen LogP contribution in [0.25, 0.3) is 0 Å². The average molecular weight is 235 g/mol. The predicted octanol–water partition coefficient (Wildman–Crippen LogP) is -0.412. The molecule has 1 amide bonds. The number of hydrogen-bond acceptors (Lipinski definition) is 5. The molecule has 6 heteroatoms. The predicted molar refractivity (Wildman–Crippen MR) is 65.1 cm³/mol. The van der Waals surface area contributed by atoms with Crippen molar-refractivity contribution in [2.24, 2.45) is 0 Å². The van der Waals surface area contributed by atoms with Crippen LogP contribution in [0.1, 0.15) is 10.5 Å². The molecule has 1 aliphatic heterocycles. The Morgan fingerprint density at radius 3 is 2.53 bits per heavy atom. The van der Waals surface area contributed by atoms with Crippen molar-refractivity contribution in [3.63, 3.8) is 0 Å². The minimum Gasteiger partial charge on any atom is -0.361 e. The van der Waals surface area contributed by atoms with Gasteiger partial charge in [-0.1, -0.05) is 0 Å². The molecule has 0 aromatic carbocycles. The first-order valence-corrected chi connectivity index (χ1v) is 5.69. The molecule has 2 rings (SSSR count). The zero-order chi connectivity index (χ0) is 12.3. The number of rotatable bonds is 2. The van der Waals surface area contributed by atoms with Gasteiger partial charge in [-0.05, 0) is 12.1 Å². The molecule has 1 N–H and O–H groups in total. The Hall–Kier alpha value is -1.69. The standard InChI is InChI=1S/C11H17N5O/c1-15(2)10-4-3-9(13-14-10)11(17)16-7-5-12-6-8-16/h3-4,12H,5-8H2,1-2H3. The lowest BCUT2D eigenvalue weighted by Crippen LogP contribution is -2.46. The summed E-state index contributed by atoms with van der Waals surface area (Å²) in [7, 11) is 3.78. The summed E-state index contributed by atoms with van der Waals surface area (Å²) in [5.74, 6) is 0.714. The topological polar surface area (TPSA) is 61.4 Å². The van der Waals surface area contributed by atoms with Crippen LogP contribution in [0, 0.1) is 0 Å². The van der Waals surface area contributed by atoms with Crippen molar-refractivity contribution in [3.8, 4) is 0 Å². The van der Waals surface area contributed by atoms with Gasteiger partial charge in [0.05, 0.1) is 0 Å². The van der Waals surface area contributed by atoms with Crippen LogP contribution in [0.4, 0.5) is 5.82 Å². The third-order valence-electron chi connectivity index (χ3n) is 2.73. The Balaban J connectivity index is 2.08. The molecule has 0 unspecified atom stereocenters. The van der Waals surface area contributed by atoms with E-state index in [0.717, 1.165) is 32.0 Å². The van der Waals surface area contributed by atoms with E-state index in [1.807, 2.05) is 25.1 Å². The van der Waals surface area contributed by atoms with Crippen LogP contribution < -0.4 is 10.2 Å². The normalized spacial score (nSPS) is 15.8. The zero-order valence-electron chi connectivity index (χ0n) is 10.2. The summed E-state index contributed by atoms with van der Waals surface area (Å²) >= 11 is 0. The van der Waals surface area contributed by atoms with E-state index >= 15 is 0 Å². The number of amides is 1. The molecule has 1 fully saturated rings. The molecule has 0 aliphatic carbocycles. The lowest BCUT2D eigenvalue weighted by atomic mass is 10.3. The van der Waals surface area contributed by atoms with Crippen molar-refractivity contribution < 1.29 is 4.79 Å². The number of nitrogens with zero attached hydrogens (tertiary/aromatic N) is 4. The van der Waals surface area contributed by atoms with Crippen LogP contribution >= 0.6 is 0 Å². The quantitative estimate of drug-likeness (QED) is 0.755. The van der Waals surface area contributed by atoms with Gasteiger partial charge in [0.1, 0.15) is 0 Å². The molecule has 1 aromatic heterocycles. The average Bonchev–Trinajstić information content (AvgIpc) is 2.39. The third kappa shape index (κ3) is 2.71. The number of aromatic nitrogens is 2. The van der Waals surface area contributed by atoms with Gasteiger partial charge >= 0.3 is 0 Å². The maximum atomic E-state index is 12.1. The Kier molecular flexibility index (Phi) is 3.53. The van der Waals surface area contributed by atoms with Gasteiger partial charge in [0.15, 0.2) is 11.5 Å².